The van der Waals surface area contributed by atoms with Crippen LogP contribution in [-0.4, -0.2) is 13.0 Å². The monoisotopic (exact) mass is 242 g/mol. The Bertz CT molecular complexity index is 400. The van der Waals surface area contributed by atoms with Gasteiger partial charge in [-0.05, 0) is 24.6 Å². The Morgan fingerprint density at radius 3 is 2.31 bits per heavy atom. The average Bonchev–Trinajstić information content (AvgIpc) is 1.92. The first-order valence-electron chi connectivity index (χ1n) is 3.15. The van der Waals surface area contributed by atoms with Crippen molar-refractivity contribution in [2.45, 2.75) is 11.8 Å². The molecule has 0 spiro atoms. The SMILES string of the molecule is Cc1c(Cl)cccc1S(=O)(=O)O.Cl. The van der Waals surface area contributed by atoms with Gasteiger partial charge in [-0.3, -0.25) is 4.55 Å². The maximum absolute atomic E-state index is 10.7. The van der Waals surface area contributed by atoms with E-state index in [0.29, 0.717) is 10.6 Å². The Labute approximate surface area is 87.9 Å². The minimum atomic E-state index is -4.14. The van der Waals surface area contributed by atoms with Crippen LogP contribution in [-0.2, 0) is 10.1 Å². The second-order valence-electron chi connectivity index (χ2n) is 2.34. The molecule has 0 saturated carbocycles. The normalized spacial score (nSPS) is 10.7. The predicted octanol–water partition coefficient (Wildman–Crippen LogP) is 2.32. The molecule has 0 atom stereocenters. The van der Waals surface area contributed by atoms with E-state index in [1.807, 2.05) is 0 Å². The summed E-state index contributed by atoms with van der Waals surface area (Å²) < 4.78 is 30.1. The van der Waals surface area contributed by atoms with Gasteiger partial charge in [-0.1, -0.05) is 17.7 Å². The molecule has 0 saturated heterocycles. The lowest BCUT2D eigenvalue weighted by Gasteiger charge is -2.02. The summed E-state index contributed by atoms with van der Waals surface area (Å²) >= 11 is 5.64. The number of hydrogen-bond acceptors (Lipinski definition) is 2. The molecule has 74 valence electrons. The van der Waals surface area contributed by atoms with E-state index in [2.05, 4.69) is 0 Å². The van der Waals surface area contributed by atoms with Crippen LogP contribution in [0.1, 0.15) is 5.56 Å². The molecule has 3 nitrogen and oxygen atoms in total. The van der Waals surface area contributed by atoms with Gasteiger partial charge in [0.15, 0.2) is 0 Å². The number of hydrogen-bond donors (Lipinski definition) is 1. The fourth-order valence-corrected chi connectivity index (χ4v) is 1.85. The molecule has 1 aromatic carbocycles. The molecular formula is C7H8Cl2O3S. The lowest BCUT2D eigenvalue weighted by atomic mass is 10.2. The summed E-state index contributed by atoms with van der Waals surface area (Å²) in [4.78, 5) is -0.144. The second kappa shape index (κ2) is 4.28. The van der Waals surface area contributed by atoms with Crippen molar-refractivity contribution in [1.29, 1.82) is 0 Å². The molecule has 0 bridgehead atoms. The van der Waals surface area contributed by atoms with Crippen LogP contribution in [0.5, 0.6) is 0 Å². The van der Waals surface area contributed by atoms with Crippen LogP contribution in [0.2, 0.25) is 5.02 Å². The summed E-state index contributed by atoms with van der Waals surface area (Å²) in [5, 5.41) is 0.324. The van der Waals surface area contributed by atoms with E-state index in [9.17, 15) is 8.42 Å². The molecule has 1 rings (SSSR count). The molecule has 6 heteroatoms. The van der Waals surface area contributed by atoms with Gasteiger partial charge in [-0.2, -0.15) is 8.42 Å². The van der Waals surface area contributed by atoms with Gasteiger partial charge in [0.2, 0.25) is 0 Å². The van der Waals surface area contributed by atoms with Crippen molar-refractivity contribution < 1.29 is 13.0 Å². The zero-order valence-electron chi connectivity index (χ0n) is 6.69. The second-order valence-corrected chi connectivity index (χ2v) is 4.14. The third kappa shape index (κ3) is 2.84. The van der Waals surface area contributed by atoms with E-state index in [1.54, 1.807) is 6.07 Å². The molecule has 0 heterocycles. The van der Waals surface area contributed by atoms with Crippen molar-refractivity contribution in [3.8, 4) is 0 Å². The Morgan fingerprint density at radius 2 is 1.92 bits per heavy atom. The van der Waals surface area contributed by atoms with Gasteiger partial charge in [-0.15, -0.1) is 12.4 Å². The highest BCUT2D eigenvalue weighted by Crippen LogP contribution is 2.21. The first kappa shape index (κ1) is 12.7. The Hall–Kier alpha value is -0.290. The summed E-state index contributed by atoms with van der Waals surface area (Å²) in [5.74, 6) is 0. The highest BCUT2D eigenvalue weighted by Gasteiger charge is 2.13. The standard InChI is InChI=1S/C7H7ClO3S.ClH/c1-5-6(8)3-2-4-7(5)12(9,10)11;/h2-4H,1H3,(H,9,10,11);1H. The molecule has 0 unspecified atom stereocenters. The van der Waals surface area contributed by atoms with Crippen LogP contribution in [0, 0.1) is 6.92 Å². The van der Waals surface area contributed by atoms with Crippen molar-refractivity contribution in [3.05, 3.63) is 28.8 Å². The molecule has 0 radical (unpaired) electrons. The van der Waals surface area contributed by atoms with Gasteiger partial charge < -0.3 is 0 Å². The highest BCUT2D eigenvalue weighted by molar-refractivity contribution is 7.85. The average molecular weight is 243 g/mol. The summed E-state index contributed by atoms with van der Waals surface area (Å²) in [7, 11) is -4.14. The highest BCUT2D eigenvalue weighted by atomic mass is 35.5. The third-order valence-corrected chi connectivity index (χ3v) is 2.90. The van der Waals surface area contributed by atoms with Gasteiger partial charge >= 0.3 is 0 Å². The molecule has 0 fully saturated rings. The number of halogens is 2. The van der Waals surface area contributed by atoms with E-state index in [0.717, 1.165) is 0 Å². The number of rotatable bonds is 1. The largest absolute Gasteiger partial charge is 0.294 e. The maximum Gasteiger partial charge on any atom is 0.294 e. The minimum absolute atomic E-state index is 0. The van der Waals surface area contributed by atoms with Crippen LogP contribution >= 0.6 is 24.0 Å². The molecule has 13 heavy (non-hydrogen) atoms. The summed E-state index contributed by atoms with van der Waals surface area (Å²) in [6.07, 6.45) is 0. The molecule has 0 aromatic heterocycles. The lowest BCUT2D eigenvalue weighted by molar-refractivity contribution is 0.482. The predicted molar refractivity (Wildman–Crippen MR) is 53.3 cm³/mol. The molecule has 0 aliphatic heterocycles. The molecular weight excluding hydrogens is 235 g/mol. The zero-order chi connectivity index (χ0) is 9.35. The van der Waals surface area contributed by atoms with Crippen LogP contribution in [0.25, 0.3) is 0 Å². The first-order chi connectivity index (χ1) is 5.43. The van der Waals surface area contributed by atoms with Gasteiger partial charge in [0.1, 0.15) is 0 Å². The van der Waals surface area contributed by atoms with Crippen molar-refractivity contribution in [1.82, 2.24) is 0 Å². The minimum Gasteiger partial charge on any atom is -0.282 e. The van der Waals surface area contributed by atoms with Crippen LogP contribution in [0.4, 0.5) is 0 Å². The van der Waals surface area contributed by atoms with Crippen molar-refractivity contribution in [2.24, 2.45) is 0 Å². The first-order valence-corrected chi connectivity index (χ1v) is 4.97. The van der Waals surface area contributed by atoms with Gasteiger partial charge in [-0.25, -0.2) is 0 Å². The lowest BCUT2D eigenvalue weighted by Crippen LogP contribution is -2.00. The van der Waals surface area contributed by atoms with E-state index in [4.69, 9.17) is 16.2 Å². The molecule has 0 aliphatic carbocycles. The van der Waals surface area contributed by atoms with Crippen molar-refractivity contribution in [3.63, 3.8) is 0 Å². The van der Waals surface area contributed by atoms with E-state index in [-0.39, 0.29) is 17.3 Å². The molecule has 0 aliphatic rings. The topological polar surface area (TPSA) is 54.4 Å². The molecule has 1 aromatic rings. The summed E-state index contributed by atoms with van der Waals surface area (Å²) in [6, 6.07) is 4.33. The van der Waals surface area contributed by atoms with E-state index < -0.39 is 10.1 Å². The van der Waals surface area contributed by atoms with Crippen LogP contribution in [0.15, 0.2) is 23.1 Å². The smallest absolute Gasteiger partial charge is 0.282 e. The van der Waals surface area contributed by atoms with Gasteiger partial charge in [0, 0.05) is 5.02 Å². The summed E-state index contributed by atoms with van der Waals surface area (Å²) in [5.41, 5.74) is 0.363. The van der Waals surface area contributed by atoms with Crippen LogP contribution in [0.3, 0.4) is 0 Å². The third-order valence-electron chi connectivity index (χ3n) is 1.50. The maximum atomic E-state index is 10.7. The van der Waals surface area contributed by atoms with Gasteiger partial charge in [0.25, 0.3) is 10.1 Å². The molecule has 1 N–H and O–H groups in total. The number of benzene rings is 1. The Kier molecular flexibility index (Phi) is 4.19. The Balaban J connectivity index is 0.00000144. The zero-order valence-corrected chi connectivity index (χ0v) is 9.08. The fourth-order valence-electron chi connectivity index (χ4n) is 0.867. The van der Waals surface area contributed by atoms with Crippen LogP contribution < -0.4 is 0 Å². The van der Waals surface area contributed by atoms with E-state index in [1.165, 1.54) is 19.1 Å². The fraction of sp³-hybridized carbons (Fsp3) is 0.143. The van der Waals surface area contributed by atoms with E-state index >= 15 is 0 Å². The Morgan fingerprint density at radius 1 is 1.38 bits per heavy atom. The van der Waals surface area contributed by atoms with Gasteiger partial charge in [0.05, 0.1) is 4.90 Å². The quantitative estimate of drug-likeness (QED) is 0.770. The summed E-state index contributed by atoms with van der Waals surface area (Å²) in [6.45, 7) is 1.53. The van der Waals surface area contributed by atoms with Crippen molar-refractivity contribution in [2.75, 3.05) is 0 Å². The van der Waals surface area contributed by atoms with Crippen molar-refractivity contribution >= 4 is 34.1 Å². The molecule has 0 amide bonds.